The van der Waals surface area contributed by atoms with Crippen molar-refractivity contribution in [3.63, 3.8) is 0 Å². The highest BCUT2D eigenvalue weighted by atomic mass is 15.3. The molecule has 0 saturated carbocycles. The van der Waals surface area contributed by atoms with Crippen LogP contribution in [-0.4, -0.2) is 28.7 Å². The molecule has 0 amide bonds. The quantitative estimate of drug-likeness (QED) is 0.187. The van der Waals surface area contributed by atoms with Crippen LogP contribution in [0.1, 0.15) is 27.4 Å². The standard InChI is InChI=1S/C45H28N6/c1-8-22-36-29(15-1)30-16-2-9-23-37(30)49(36)42-28-14-7-21-35(42)43-46-44(50-38-24-10-3-17-31(38)32-18-4-11-25-39(32)50)48-45(47-43)51-40-26-12-5-19-33(40)34-20-6-13-27-41(34)51/h1-28H/i1D,3D,4D,5D,7D,8D,10D,11D,12D,14D,15D,17D,18D,19D,21D,22D,24D,25D,26D,28D. The average Bonchev–Trinajstić information content (AvgIpc) is 4.03. The molecule has 0 fully saturated rings. The Morgan fingerprint density at radius 2 is 0.745 bits per heavy atom. The predicted octanol–water partition coefficient (Wildman–Crippen LogP) is 10.8. The van der Waals surface area contributed by atoms with E-state index < -0.39 is 161 Å². The van der Waals surface area contributed by atoms with Crippen LogP contribution in [-0.2, 0) is 0 Å². The van der Waals surface area contributed by atoms with E-state index in [9.17, 15) is 8.22 Å². The van der Waals surface area contributed by atoms with E-state index in [0.29, 0.717) is 5.39 Å². The third-order valence-electron chi connectivity index (χ3n) is 8.77. The van der Waals surface area contributed by atoms with E-state index in [1.54, 1.807) is 48.5 Å². The molecular formula is C45H28N6. The fourth-order valence-corrected chi connectivity index (χ4v) is 6.70. The van der Waals surface area contributed by atoms with Crippen molar-refractivity contribution < 1.29 is 27.4 Å². The summed E-state index contributed by atoms with van der Waals surface area (Å²) in [5.74, 6) is -1.77. The number of nitrogens with zero attached hydrogens (tertiary/aromatic N) is 6. The molecule has 0 radical (unpaired) electrons. The van der Waals surface area contributed by atoms with Gasteiger partial charge < -0.3 is 4.57 Å². The maximum Gasteiger partial charge on any atom is 0.240 e. The van der Waals surface area contributed by atoms with Crippen molar-refractivity contribution >= 4 is 65.4 Å². The highest BCUT2D eigenvalue weighted by molar-refractivity contribution is 6.11. The zero-order valence-corrected chi connectivity index (χ0v) is 25.8. The molecule has 51 heavy (non-hydrogen) atoms. The number of para-hydroxylation sites is 7. The Morgan fingerprint density at radius 3 is 1.29 bits per heavy atom. The topological polar surface area (TPSA) is 53.5 Å². The minimum absolute atomic E-state index is 0.00921. The molecule has 4 aromatic heterocycles. The van der Waals surface area contributed by atoms with Crippen molar-refractivity contribution in [2.75, 3.05) is 0 Å². The van der Waals surface area contributed by atoms with Gasteiger partial charge in [-0.05, 0) is 48.4 Å². The maximum atomic E-state index is 9.59. The molecule has 0 aliphatic rings. The first-order chi connectivity index (χ1) is 33.6. The minimum atomic E-state index is -0.814. The Bertz CT molecular complexity index is 4230. The summed E-state index contributed by atoms with van der Waals surface area (Å²) in [6, 6.07) is -0.680. The minimum Gasteiger partial charge on any atom is -0.309 e. The summed E-state index contributed by atoms with van der Waals surface area (Å²) in [5.41, 5.74) is -1.79. The fraction of sp³-hybridized carbons (Fsp3) is 0. The molecule has 0 atom stereocenters. The Balaban J connectivity index is 1.41. The van der Waals surface area contributed by atoms with Crippen LogP contribution < -0.4 is 0 Å². The van der Waals surface area contributed by atoms with Crippen LogP contribution in [0.3, 0.4) is 0 Å². The number of aromatic nitrogens is 6. The lowest BCUT2D eigenvalue weighted by Gasteiger charge is -2.16. The van der Waals surface area contributed by atoms with Crippen LogP contribution >= 0.6 is 0 Å². The van der Waals surface area contributed by atoms with Crippen molar-refractivity contribution in [3.05, 3.63) is 169 Å². The van der Waals surface area contributed by atoms with Gasteiger partial charge in [0.2, 0.25) is 11.9 Å². The second-order valence-corrected chi connectivity index (χ2v) is 11.4. The van der Waals surface area contributed by atoms with E-state index in [2.05, 4.69) is 0 Å². The van der Waals surface area contributed by atoms with Crippen LogP contribution in [0.2, 0.25) is 0 Å². The average molecular weight is 673 g/mol. The highest BCUT2D eigenvalue weighted by Crippen LogP contribution is 2.37. The summed E-state index contributed by atoms with van der Waals surface area (Å²) >= 11 is 0. The third-order valence-corrected chi connectivity index (χ3v) is 8.77. The number of fused-ring (bicyclic) bond motifs is 9. The van der Waals surface area contributed by atoms with Gasteiger partial charge in [0.1, 0.15) is 0 Å². The lowest BCUT2D eigenvalue weighted by Crippen LogP contribution is -2.11. The van der Waals surface area contributed by atoms with Crippen LogP contribution in [0.15, 0.2) is 169 Å². The summed E-state index contributed by atoms with van der Waals surface area (Å²) < 4.78 is 183. The number of hydrogen-bond donors (Lipinski definition) is 0. The molecule has 4 heterocycles. The molecular weight excluding hydrogens is 625 g/mol. The first-order valence-corrected chi connectivity index (χ1v) is 15.5. The van der Waals surface area contributed by atoms with Crippen LogP contribution in [0, 0.1) is 0 Å². The molecule has 0 N–H and O–H groups in total. The summed E-state index contributed by atoms with van der Waals surface area (Å²) in [6.45, 7) is 0. The smallest absolute Gasteiger partial charge is 0.240 e. The van der Waals surface area contributed by atoms with Gasteiger partial charge in [0.05, 0.1) is 66.2 Å². The maximum absolute atomic E-state index is 9.59. The highest BCUT2D eigenvalue weighted by Gasteiger charge is 2.22. The van der Waals surface area contributed by atoms with Crippen molar-refractivity contribution in [1.29, 1.82) is 0 Å². The zero-order chi connectivity index (χ0) is 50.9. The summed E-state index contributed by atoms with van der Waals surface area (Å²) in [6.07, 6.45) is 0. The predicted molar refractivity (Wildman–Crippen MR) is 208 cm³/mol. The van der Waals surface area contributed by atoms with Gasteiger partial charge in [0.15, 0.2) is 5.82 Å². The Labute approximate surface area is 320 Å². The summed E-state index contributed by atoms with van der Waals surface area (Å²) in [4.78, 5) is 14.4. The lowest BCUT2D eigenvalue weighted by atomic mass is 10.1. The third kappa shape index (κ3) is 4.01. The Kier molecular flexibility index (Phi) is 3.12. The van der Waals surface area contributed by atoms with Crippen LogP contribution in [0.5, 0.6) is 0 Å². The van der Waals surface area contributed by atoms with Crippen molar-refractivity contribution in [3.8, 4) is 29.0 Å². The van der Waals surface area contributed by atoms with E-state index in [1.807, 2.05) is 0 Å². The second-order valence-electron chi connectivity index (χ2n) is 11.4. The SMILES string of the molecule is [2H]c1c([2H])c([2H])c(-n2c3ccccc3c3c([2H])c([2H])c([2H])c([2H])c32)c(-c2nc(-n3c4ccccc4c4c([2H])c([2H])c([2H])c([2H])c43)nc(-n3c4c([2H])c([2H])c([2H])c([2H])c4c4c([2H])c([2H])c([2H])c([2H])c43)n2)c1[2H]. The Hall–Kier alpha value is -7.05. The van der Waals surface area contributed by atoms with Gasteiger partial charge in [0, 0.05) is 37.9 Å². The van der Waals surface area contributed by atoms with Crippen LogP contribution in [0.4, 0.5) is 0 Å². The molecule has 0 bridgehead atoms. The van der Waals surface area contributed by atoms with Gasteiger partial charge in [-0.3, -0.25) is 9.13 Å². The van der Waals surface area contributed by atoms with Gasteiger partial charge in [-0.25, -0.2) is 0 Å². The zero-order valence-electron chi connectivity index (χ0n) is 45.8. The van der Waals surface area contributed by atoms with Gasteiger partial charge >= 0.3 is 0 Å². The monoisotopic (exact) mass is 672 g/mol. The summed E-state index contributed by atoms with van der Waals surface area (Å²) in [5, 5.41) is -0.104. The number of rotatable bonds is 4. The number of hydrogen-bond acceptors (Lipinski definition) is 3. The summed E-state index contributed by atoms with van der Waals surface area (Å²) in [7, 11) is 0. The first-order valence-electron chi connectivity index (χ1n) is 25.5. The van der Waals surface area contributed by atoms with Crippen LogP contribution in [0.25, 0.3) is 94.4 Å². The molecule has 0 spiro atoms. The second kappa shape index (κ2) is 10.7. The molecule has 11 rings (SSSR count). The van der Waals surface area contributed by atoms with E-state index >= 15 is 0 Å². The molecule has 0 aliphatic carbocycles. The lowest BCUT2D eigenvalue weighted by molar-refractivity contribution is 0.892. The van der Waals surface area contributed by atoms with E-state index in [4.69, 9.17) is 34.1 Å². The molecule has 6 heteroatoms. The van der Waals surface area contributed by atoms with Crippen molar-refractivity contribution in [2.24, 2.45) is 0 Å². The molecule has 0 saturated heterocycles. The molecule has 238 valence electrons. The van der Waals surface area contributed by atoms with E-state index in [1.165, 1.54) is 9.13 Å². The molecule has 0 unspecified atom stereocenters. The molecule has 6 nitrogen and oxygen atoms in total. The first kappa shape index (κ1) is 14.8. The van der Waals surface area contributed by atoms with Gasteiger partial charge in [-0.1, -0.05) is 121 Å². The molecule has 11 aromatic rings. The largest absolute Gasteiger partial charge is 0.309 e. The van der Waals surface area contributed by atoms with Crippen molar-refractivity contribution in [2.45, 2.75) is 0 Å². The Morgan fingerprint density at radius 1 is 0.353 bits per heavy atom. The van der Waals surface area contributed by atoms with Gasteiger partial charge in [-0.2, -0.15) is 15.0 Å². The number of benzene rings is 7. The van der Waals surface area contributed by atoms with E-state index in [-0.39, 0.29) is 49.0 Å². The molecule has 0 aliphatic heterocycles. The van der Waals surface area contributed by atoms with E-state index in [0.717, 1.165) is 4.57 Å². The molecule has 7 aromatic carbocycles. The normalized spacial score (nSPS) is 17.4. The van der Waals surface area contributed by atoms with Crippen molar-refractivity contribution in [1.82, 2.24) is 28.7 Å². The van der Waals surface area contributed by atoms with Gasteiger partial charge in [-0.15, -0.1) is 0 Å². The fourth-order valence-electron chi connectivity index (χ4n) is 6.70. The van der Waals surface area contributed by atoms with Gasteiger partial charge in [0.25, 0.3) is 0 Å².